The number of β-lactam (4-membered cyclic amide) rings is 1. The average molecular weight is 709 g/mol. The van der Waals surface area contributed by atoms with E-state index in [1.807, 2.05) is 29.1 Å². The number of nitrogens with one attached hydrogen (secondary N) is 2. The number of aromatic nitrogens is 4. The van der Waals surface area contributed by atoms with Crippen molar-refractivity contribution in [2.45, 2.75) is 44.0 Å². The van der Waals surface area contributed by atoms with Crippen molar-refractivity contribution in [3.05, 3.63) is 70.9 Å². The number of carboxylic acid groups (broad SMARTS) is 2. The van der Waals surface area contributed by atoms with Crippen molar-refractivity contribution in [1.82, 2.24) is 24.8 Å². The molecule has 254 valence electrons. The molecule has 18 nitrogen and oxygen atoms in total. The van der Waals surface area contributed by atoms with E-state index >= 15 is 0 Å². The van der Waals surface area contributed by atoms with Crippen LogP contribution in [0.5, 0.6) is 0 Å². The first kappa shape index (κ1) is 33.2. The summed E-state index contributed by atoms with van der Waals surface area (Å²) in [5.41, 5.74) is 10.2. The first-order valence-electron chi connectivity index (χ1n) is 14.4. The smallest absolute Gasteiger partial charge is 0.350 e. The Kier molecular flexibility index (Phi) is 8.59. The monoisotopic (exact) mass is 708 g/mol. The molecule has 2 aliphatic heterocycles. The van der Waals surface area contributed by atoms with E-state index in [2.05, 4.69) is 20.4 Å². The fourth-order valence-electron chi connectivity index (χ4n) is 5.10. The number of rotatable bonds is 12. The van der Waals surface area contributed by atoms with E-state index in [9.17, 15) is 29.4 Å². The van der Waals surface area contributed by atoms with Gasteiger partial charge in [-0.15, -0.1) is 23.1 Å². The third-order valence-electron chi connectivity index (χ3n) is 7.66. The first-order valence-corrected chi connectivity index (χ1v) is 16.3. The maximum absolute atomic E-state index is 13.3. The summed E-state index contributed by atoms with van der Waals surface area (Å²) in [4.78, 5) is 65.0. The van der Waals surface area contributed by atoms with E-state index in [1.165, 1.54) is 37.3 Å². The fraction of sp³-hybridized carbons (Fsp3) is 0.276. The quantitative estimate of drug-likeness (QED) is 0.0388. The molecule has 49 heavy (non-hydrogen) atoms. The van der Waals surface area contributed by atoms with Crippen LogP contribution >= 0.6 is 23.1 Å². The highest BCUT2D eigenvalue weighted by Gasteiger charge is 2.53. The number of carbonyl (C=O) groups is 4. The van der Waals surface area contributed by atoms with Gasteiger partial charge in [-0.3, -0.25) is 19.9 Å². The molecule has 2 amide bonds. The Hall–Kier alpha value is -5.76. The summed E-state index contributed by atoms with van der Waals surface area (Å²) in [7, 11) is 0. The van der Waals surface area contributed by atoms with Gasteiger partial charge in [0.2, 0.25) is 11.5 Å². The van der Waals surface area contributed by atoms with Crippen LogP contribution in [0.3, 0.4) is 0 Å². The van der Waals surface area contributed by atoms with Gasteiger partial charge in [0.15, 0.2) is 29.8 Å². The molecule has 0 spiro atoms. The lowest BCUT2D eigenvalue weighted by molar-refractivity contribution is -0.687. The molecule has 2 atom stereocenters. The number of pyridine rings is 1. The minimum Gasteiger partial charge on any atom is -0.543 e. The van der Waals surface area contributed by atoms with Crippen molar-refractivity contribution in [3.63, 3.8) is 0 Å². The Balaban J connectivity index is 1.18. The summed E-state index contributed by atoms with van der Waals surface area (Å²) in [6.07, 6.45) is 6.76. The van der Waals surface area contributed by atoms with Crippen LogP contribution < -0.4 is 26.5 Å². The molecule has 0 bridgehead atoms. The third kappa shape index (κ3) is 6.42. The van der Waals surface area contributed by atoms with Gasteiger partial charge in [-0.2, -0.15) is 0 Å². The van der Waals surface area contributed by atoms with Crippen molar-refractivity contribution in [2.75, 3.05) is 11.5 Å². The van der Waals surface area contributed by atoms with E-state index in [4.69, 9.17) is 26.1 Å². The van der Waals surface area contributed by atoms with Gasteiger partial charge < -0.3 is 45.6 Å². The van der Waals surface area contributed by atoms with Crippen LogP contribution in [0.2, 0.25) is 0 Å². The van der Waals surface area contributed by atoms with Gasteiger partial charge in [-0.25, -0.2) is 19.3 Å². The SMILES string of the molecule is CC(C)(O/N=C(\C(=O)N[C@@H]1C(=O)N2C(C(=O)[O-])=C(C[n+]3ccc4c(ccn4Cc4nc(C(=N)N)co4)c3)CS[C@H]12)c1csc(N)n1)C(=O)O. The second kappa shape index (κ2) is 12.7. The van der Waals surface area contributed by atoms with Crippen LogP contribution in [0, 0.1) is 5.41 Å². The van der Waals surface area contributed by atoms with E-state index in [0.29, 0.717) is 18.0 Å². The van der Waals surface area contributed by atoms with Gasteiger partial charge in [0.25, 0.3) is 11.8 Å². The fourth-order valence-corrected chi connectivity index (χ4v) is 6.99. The lowest BCUT2D eigenvalue weighted by atomic mass is 10.0. The van der Waals surface area contributed by atoms with Gasteiger partial charge in [0, 0.05) is 29.0 Å². The molecule has 0 aromatic carbocycles. The molecule has 4 aromatic rings. The molecule has 2 aliphatic rings. The molecule has 6 rings (SSSR count). The maximum atomic E-state index is 13.3. The van der Waals surface area contributed by atoms with Crippen LogP contribution in [-0.4, -0.2) is 82.6 Å². The number of fused-ring (bicyclic) bond motifs is 2. The zero-order chi connectivity index (χ0) is 35.2. The number of amides is 2. The largest absolute Gasteiger partial charge is 0.543 e. The number of thiazole rings is 1. The number of carbonyl (C=O) groups excluding carboxylic acids is 3. The number of nitrogens with two attached hydrogens (primary N) is 2. The Morgan fingerprint density at radius 3 is 2.73 bits per heavy atom. The summed E-state index contributed by atoms with van der Waals surface area (Å²) >= 11 is 2.27. The summed E-state index contributed by atoms with van der Waals surface area (Å²) in [5, 5.41) is 37.1. The van der Waals surface area contributed by atoms with E-state index < -0.39 is 46.5 Å². The minimum atomic E-state index is -1.79. The van der Waals surface area contributed by atoms with Crippen molar-refractivity contribution in [2.24, 2.45) is 10.9 Å². The number of hydrogen-bond acceptors (Lipinski definition) is 14. The molecule has 7 N–H and O–H groups in total. The lowest BCUT2D eigenvalue weighted by Crippen LogP contribution is -2.71. The highest BCUT2D eigenvalue weighted by Crippen LogP contribution is 2.40. The number of nitrogens with zero attached hydrogens (tertiary/aromatic N) is 6. The van der Waals surface area contributed by atoms with E-state index in [-0.39, 0.29) is 40.3 Å². The number of carboxylic acids is 2. The number of oxazole rings is 1. The highest BCUT2D eigenvalue weighted by atomic mass is 32.2. The van der Waals surface area contributed by atoms with Crippen LogP contribution in [-0.2, 0) is 37.1 Å². The first-order chi connectivity index (χ1) is 23.2. The number of amidine groups is 1. The zero-order valence-corrected chi connectivity index (χ0v) is 27.4. The topological polar surface area (TPSA) is 272 Å². The van der Waals surface area contributed by atoms with Gasteiger partial charge >= 0.3 is 5.97 Å². The number of thioether (sulfide) groups is 1. The lowest BCUT2D eigenvalue weighted by Gasteiger charge is -2.50. The van der Waals surface area contributed by atoms with Crippen LogP contribution in [0.15, 0.2) is 63.2 Å². The van der Waals surface area contributed by atoms with Crippen LogP contribution in [0.4, 0.5) is 5.13 Å². The maximum Gasteiger partial charge on any atom is 0.350 e. The molecule has 0 unspecified atom stereocenters. The molecule has 20 heteroatoms. The molecule has 1 saturated heterocycles. The second-order valence-corrected chi connectivity index (χ2v) is 13.5. The Morgan fingerprint density at radius 2 is 2.08 bits per heavy atom. The van der Waals surface area contributed by atoms with E-state index in [1.54, 1.807) is 10.8 Å². The highest BCUT2D eigenvalue weighted by molar-refractivity contribution is 8.00. The Labute approximate surface area is 284 Å². The minimum absolute atomic E-state index is 0.00260. The number of oxime groups is 1. The molecule has 1 fully saturated rings. The predicted octanol–water partition coefficient (Wildman–Crippen LogP) is -1.02. The standard InChI is InChI=1S/C29H28N10O8S2/c1-29(2,27(44)45)47-36-19(16-12-49-28(32)34-16)23(40)35-20-24(41)39-21(26(42)43)14(11-48-25(20)39)8-37-5-4-17-13(7-37)3-6-38(17)9-18-33-15(10-46-18)22(30)31/h3-7,10,12,20,25H,8-9,11H2,1-2H3,(H7-,30,31,32,34,35,40,42,43,44,45)/b36-19-/t20-,25-/m1/s1. The zero-order valence-electron chi connectivity index (χ0n) is 25.8. The summed E-state index contributed by atoms with van der Waals surface area (Å²) < 4.78 is 9.09. The third-order valence-corrected chi connectivity index (χ3v) is 9.68. The second-order valence-electron chi connectivity index (χ2n) is 11.5. The molecule has 6 heterocycles. The van der Waals surface area contributed by atoms with Crippen LogP contribution in [0.1, 0.15) is 31.1 Å². The number of nitrogen functional groups attached to an aromatic ring is 2. The number of anilines is 1. The van der Waals surface area contributed by atoms with Crippen LogP contribution in [0.25, 0.3) is 10.9 Å². The van der Waals surface area contributed by atoms with Crippen molar-refractivity contribution < 1.29 is 43.2 Å². The molecule has 4 aromatic heterocycles. The predicted molar refractivity (Wildman–Crippen MR) is 172 cm³/mol. The summed E-state index contributed by atoms with van der Waals surface area (Å²) in [6.45, 7) is 2.92. The van der Waals surface area contributed by atoms with Gasteiger partial charge in [-0.1, -0.05) is 5.16 Å². The van der Waals surface area contributed by atoms with Gasteiger partial charge in [-0.05, 0) is 19.9 Å². The molecule has 0 radical (unpaired) electrons. The molecular weight excluding hydrogens is 681 g/mol. The summed E-state index contributed by atoms with van der Waals surface area (Å²) in [6, 6.07) is 2.59. The van der Waals surface area contributed by atoms with Gasteiger partial charge in [0.1, 0.15) is 34.9 Å². The number of aliphatic carboxylic acids is 2. The Morgan fingerprint density at radius 1 is 1.31 bits per heavy atom. The van der Waals surface area contributed by atoms with Crippen molar-refractivity contribution in [1.29, 1.82) is 5.41 Å². The van der Waals surface area contributed by atoms with Gasteiger partial charge in [0.05, 0.1) is 29.1 Å². The normalized spacial score (nSPS) is 17.9. The van der Waals surface area contributed by atoms with Crippen molar-refractivity contribution >= 4 is 74.4 Å². The van der Waals surface area contributed by atoms with Crippen molar-refractivity contribution in [3.8, 4) is 0 Å². The molecule has 0 aliphatic carbocycles. The summed E-state index contributed by atoms with van der Waals surface area (Å²) in [5.74, 6) is -4.05. The van der Waals surface area contributed by atoms with E-state index in [0.717, 1.165) is 27.1 Å². The molecular formula is C29H28N10O8S2. The average Bonchev–Trinajstić information content (AvgIpc) is 3.80. The molecule has 0 saturated carbocycles. The number of hydrogen-bond donors (Lipinski definition) is 5. The Bertz CT molecular complexity index is 2100.